The van der Waals surface area contributed by atoms with Crippen molar-refractivity contribution in [3.63, 3.8) is 0 Å². The van der Waals surface area contributed by atoms with Crippen LogP contribution in [-0.2, 0) is 15.8 Å². The summed E-state index contributed by atoms with van der Waals surface area (Å²) in [6.45, 7) is 1.29. The minimum Gasteiger partial charge on any atom is -0.480 e. The minimum atomic E-state index is -4.63. The lowest BCUT2D eigenvalue weighted by Crippen LogP contribution is -2.35. The first-order chi connectivity index (χ1) is 8.75. The zero-order valence-corrected chi connectivity index (χ0v) is 10.8. The summed E-state index contributed by atoms with van der Waals surface area (Å²) in [6.07, 6.45) is -5.78. The topological polar surface area (TPSA) is 47.6 Å². The molecule has 8 heteroatoms. The van der Waals surface area contributed by atoms with Crippen molar-refractivity contribution >= 4 is 17.5 Å². The molecule has 0 spiro atoms. The van der Waals surface area contributed by atoms with E-state index in [4.69, 9.17) is 16.3 Å². The molecule has 0 fully saturated rings. The van der Waals surface area contributed by atoms with Crippen LogP contribution in [0.3, 0.4) is 0 Å². The Labute approximate surface area is 112 Å². The van der Waals surface area contributed by atoms with Gasteiger partial charge in [-0.3, -0.25) is 9.63 Å². The van der Waals surface area contributed by atoms with E-state index < -0.39 is 29.5 Å². The van der Waals surface area contributed by atoms with Gasteiger partial charge < -0.3 is 4.74 Å². The number of hydroxylamine groups is 1. The van der Waals surface area contributed by atoms with Crippen LogP contribution in [0.5, 0.6) is 5.75 Å². The van der Waals surface area contributed by atoms with Gasteiger partial charge in [-0.1, -0.05) is 11.6 Å². The number of halogens is 4. The van der Waals surface area contributed by atoms with Gasteiger partial charge in [0.1, 0.15) is 5.75 Å². The molecule has 0 aliphatic rings. The number of nitrogens with one attached hydrogen (secondary N) is 1. The van der Waals surface area contributed by atoms with Crippen LogP contribution in [0.15, 0.2) is 18.2 Å². The highest BCUT2D eigenvalue weighted by Gasteiger charge is 2.35. The molecule has 1 rings (SSSR count). The molecule has 19 heavy (non-hydrogen) atoms. The lowest BCUT2D eigenvalue weighted by Gasteiger charge is -2.18. The molecule has 0 aromatic heterocycles. The van der Waals surface area contributed by atoms with Gasteiger partial charge in [0.05, 0.1) is 12.7 Å². The molecule has 0 aliphatic carbocycles. The molecule has 1 atom stereocenters. The Hall–Kier alpha value is -1.47. The molecule has 1 aromatic carbocycles. The second-order valence-electron chi connectivity index (χ2n) is 3.57. The van der Waals surface area contributed by atoms with Crippen LogP contribution in [0.1, 0.15) is 12.5 Å². The second kappa shape index (κ2) is 6.12. The van der Waals surface area contributed by atoms with Gasteiger partial charge in [0, 0.05) is 5.02 Å². The molecular formula is C11H11ClF3NO3. The van der Waals surface area contributed by atoms with E-state index in [2.05, 4.69) is 4.84 Å². The Kier molecular flexibility index (Phi) is 5.02. The van der Waals surface area contributed by atoms with Gasteiger partial charge in [0.2, 0.25) is 0 Å². The zero-order chi connectivity index (χ0) is 14.6. The monoisotopic (exact) mass is 297 g/mol. The number of carbonyl (C=O) groups excluding carboxylic acids is 1. The summed E-state index contributed by atoms with van der Waals surface area (Å²) in [5, 5.41) is -0.0753. The quantitative estimate of drug-likeness (QED) is 0.869. The van der Waals surface area contributed by atoms with E-state index in [0.29, 0.717) is 0 Å². The van der Waals surface area contributed by atoms with E-state index in [-0.39, 0.29) is 5.02 Å². The van der Waals surface area contributed by atoms with Gasteiger partial charge >= 0.3 is 6.18 Å². The third kappa shape index (κ3) is 4.29. The van der Waals surface area contributed by atoms with E-state index >= 15 is 0 Å². The van der Waals surface area contributed by atoms with Crippen LogP contribution in [0, 0.1) is 0 Å². The van der Waals surface area contributed by atoms with E-state index in [9.17, 15) is 18.0 Å². The van der Waals surface area contributed by atoms with Crippen molar-refractivity contribution in [2.24, 2.45) is 0 Å². The molecule has 4 nitrogen and oxygen atoms in total. The van der Waals surface area contributed by atoms with Crippen LogP contribution in [0.25, 0.3) is 0 Å². The smallest absolute Gasteiger partial charge is 0.420 e. The third-order valence-corrected chi connectivity index (χ3v) is 2.36. The maximum absolute atomic E-state index is 12.8. The highest BCUT2D eigenvalue weighted by Crippen LogP contribution is 2.38. The average Bonchev–Trinajstić information content (AvgIpc) is 2.30. The lowest BCUT2D eigenvalue weighted by molar-refractivity contribution is -0.143. The average molecular weight is 298 g/mol. The van der Waals surface area contributed by atoms with Crippen molar-refractivity contribution in [2.45, 2.75) is 19.2 Å². The first kappa shape index (κ1) is 15.6. The molecule has 106 valence electrons. The van der Waals surface area contributed by atoms with E-state index in [1.54, 1.807) is 0 Å². The Balaban J connectivity index is 2.98. The van der Waals surface area contributed by atoms with Crippen molar-refractivity contribution in [3.05, 3.63) is 28.8 Å². The Morgan fingerprint density at radius 2 is 2.05 bits per heavy atom. The maximum atomic E-state index is 12.8. The summed E-state index contributed by atoms with van der Waals surface area (Å²) < 4.78 is 43.3. The van der Waals surface area contributed by atoms with E-state index in [1.165, 1.54) is 20.1 Å². The summed E-state index contributed by atoms with van der Waals surface area (Å²) in [5.41, 5.74) is 0.919. The van der Waals surface area contributed by atoms with Gasteiger partial charge in [-0.25, -0.2) is 5.48 Å². The molecule has 0 unspecified atom stereocenters. The molecule has 0 radical (unpaired) electrons. The summed E-state index contributed by atoms with van der Waals surface area (Å²) in [6, 6.07) is 3.03. The highest BCUT2D eigenvalue weighted by molar-refractivity contribution is 6.30. The molecule has 1 N–H and O–H groups in total. The summed E-state index contributed by atoms with van der Waals surface area (Å²) in [7, 11) is 1.20. The van der Waals surface area contributed by atoms with Crippen molar-refractivity contribution in [1.29, 1.82) is 0 Å². The summed E-state index contributed by atoms with van der Waals surface area (Å²) in [5.74, 6) is -1.18. The highest BCUT2D eigenvalue weighted by atomic mass is 35.5. The third-order valence-electron chi connectivity index (χ3n) is 2.12. The molecule has 0 aliphatic heterocycles. The normalized spacial score (nSPS) is 12.9. The summed E-state index contributed by atoms with van der Waals surface area (Å²) in [4.78, 5) is 15.7. The Bertz CT molecular complexity index is 465. The number of ether oxygens (including phenoxy) is 1. The van der Waals surface area contributed by atoms with Crippen LogP contribution >= 0.6 is 11.6 Å². The molecule has 0 saturated carbocycles. The minimum absolute atomic E-state index is 0.0753. The largest absolute Gasteiger partial charge is 0.480 e. The number of hydrogen-bond acceptors (Lipinski definition) is 3. The zero-order valence-electron chi connectivity index (χ0n) is 10.0. The molecule has 1 aromatic rings. The Morgan fingerprint density at radius 3 is 2.58 bits per heavy atom. The van der Waals surface area contributed by atoms with Crippen LogP contribution in [0.2, 0.25) is 5.02 Å². The first-order valence-corrected chi connectivity index (χ1v) is 5.49. The number of benzene rings is 1. The molecule has 0 bridgehead atoms. The van der Waals surface area contributed by atoms with Crippen molar-refractivity contribution in [2.75, 3.05) is 7.11 Å². The van der Waals surface area contributed by atoms with Crippen LogP contribution < -0.4 is 10.2 Å². The van der Waals surface area contributed by atoms with E-state index in [1.807, 2.05) is 5.48 Å². The fourth-order valence-electron chi connectivity index (χ4n) is 1.25. The van der Waals surface area contributed by atoms with Crippen molar-refractivity contribution < 1.29 is 27.5 Å². The van der Waals surface area contributed by atoms with Gasteiger partial charge in [-0.05, 0) is 25.1 Å². The first-order valence-electron chi connectivity index (χ1n) is 5.12. The molecule has 1 amide bonds. The standard InChI is InChI=1S/C11H11ClF3NO3/c1-6(10(17)16-18-2)19-9-4-3-7(12)5-8(9)11(13,14)15/h3-6H,1-2H3,(H,16,17)/t6-/m0/s1. The SMILES string of the molecule is CONC(=O)[C@H](C)Oc1ccc(Cl)cc1C(F)(F)F. The number of rotatable bonds is 4. The fourth-order valence-corrected chi connectivity index (χ4v) is 1.43. The number of carbonyl (C=O) groups is 1. The van der Waals surface area contributed by atoms with Gasteiger partial charge in [-0.15, -0.1) is 0 Å². The summed E-state index contributed by atoms with van der Waals surface area (Å²) >= 11 is 5.52. The van der Waals surface area contributed by atoms with Crippen LogP contribution in [-0.4, -0.2) is 19.1 Å². The number of amides is 1. The molecule has 0 heterocycles. The van der Waals surface area contributed by atoms with Crippen molar-refractivity contribution in [3.8, 4) is 5.75 Å². The number of alkyl halides is 3. The maximum Gasteiger partial charge on any atom is 0.420 e. The van der Waals surface area contributed by atoms with E-state index in [0.717, 1.165) is 12.1 Å². The second-order valence-corrected chi connectivity index (χ2v) is 4.01. The fraction of sp³-hybridized carbons (Fsp3) is 0.364. The Morgan fingerprint density at radius 1 is 1.42 bits per heavy atom. The van der Waals surface area contributed by atoms with Gasteiger partial charge in [0.25, 0.3) is 5.91 Å². The van der Waals surface area contributed by atoms with Gasteiger partial charge in [0.15, 0.2) is 6.10 Å². The molecule has 0 saturated heterocycles. The predicted molar refractivity (Wildman–Crippen MR) is 61.7 cm³/mol. The predicted octanol–water partition coefficient (Wildman–Crippen LogP) is 2.80. The number of hydrogen-bond donors (Lipinski definition) is 1. The lowest BCUT2D eigenvalue weighted by atomic mass is 10.2. The molecular weight excluding hydrogens is 287 g/mol. The van der Waals surface area contributed by atoms with Crippen LogP contribution in [0.4, 0.5) is 13.2 Å². The van der Waals surface area contributed by atoms with Crippen molar-refractivity contribution in [1.82, 2.24) is 5.48 Å². The van der Waals surface area contributed by atoms with Gasteiger partial charge in [-0.2, -0.15) is 13.2 Å².